The lowest BCUT2D eigenvalue weighted by Gasteiger charge is -1.82. The van der Waals surface area contributed by atoms with E-state index < -0.39 is 9.84 Å². The van der Waals surface area contributed by atoms with Gasteiger partial charge in [-0.3, -0.25) is 0 Å². The zero-order valence-corrected chi connectivity index (χ0v) is 7.18. The maximum atomic E-state index is 10.8. The fourth-order valence-corrected chi connectivity index (χ4v) is 1.84. The Morgan fingerprint density at radius 1 is 1.70 bits per heavy atom. The molecule has 1 heterocycles. The molecule has 1 rings (SSSR count). The van der Waals surface area contributed by atoms with E-state index >= 15 is 0 Å². The molecular weight excluding hydrogens is 222 g/mol. The van der Waals surface area contributed by atoms with E-state index in [1.165, 1.54) is 0 Å². The highest BCUT2D eigenvalue weighted by Crippen LogP contribution is 2.17. The number of sulfone groups is 1. The van der Waals surface area contributed by atoms with Gasteiger partial charge in [0.2, 0.25) is 13.8 Å². The number of hydrogen-bond acceptors (Lipinski definition) is 4. The minimum absolute atomic E-state index is 0.135. The molecule has 0 bridgehead atoms. The van der Waals surface area contributed by atoms with Crippen LogP contribution in [0.15, 0.2) is 16.1 Å². The SMILES string of the molecule is O=S1(=O)C=C(CO)N=C1Br. The van der Waals surface area contributed by atoms with Gasteiger partial charge in [0, 0.05) is 0 Å². The average Bonchev–Trinajstić information content (AvgIpc) is 2.08. The fourth-order valence-electron chi connectivity index (χ4n) is 0.503. The highest BCUT2D eigenvalue weighted by molar-refractivity contribution is 9.21. The summed E-state index contributed by atoms with van der Waals surface area (Å²) in [6.45, 7) is -0.353. The summed E-state index contributed by atoms with van der Waals surface area (Å²) in [6.07, 6.45) is 0. The van der Waals surface area contributed by atoms with Crippen molar-refractivity contribution in [3.63, 3.8) is 0 Å². The standard InChI is InChI=1S/C4H4BrNO3S/c5-4-6-3(1-7)2-10(4,8)9/h2,7H,1H2. The van der Waals surface area contributed by atoms with Crippen molar-refractivity contribution in [1.29, 1.82) is 0 Å². The Morgan fingerprint density at radius 3 is 2.50 bits per heavy atom. The predicted molar refractivity (Wildman–Crippen MR) is 40.5 cm³/mol. The summed E-state index contributed by atoms with van der Waals surface area (Å²) in [4.78, 5) is 3.52. The molecule has 6 heteroatoms. The lowest BCUT2D eigenvalue weighted by molar-refractivity contribution is 0.330. The van der Waals surface area contributed by atoms with Crippen LogP contribution in [0.2, 0.25) is 0 Å². The molecule has 0 saturated heterocycles. The van der Waals surface area contributed by atoms with Crippen LogP contribution in [0.3, 0.4) is 0 Å². The monoisotopic (exact) mass is 225 g/mol. The largest absolute Gasteiger partial charge is 0.390 e. The summed E-state index contributed by atoms with van der Waals surface area (Å²) in [5.74, 6) is 0. The van der Waals surface area contributed by atoms with Crippen molar-refractivity contribution in [2.75, 3.05) is 6.61 Å². The van der Waals surface area contributed by atoms with Crippen molar-refractivity contribution in [2.24, 2.45) is 4.99 Å². The van der Waals surface area contributed by atoms with Gasteiger partial charge in [-0.15, -0.1) is 0 Å². The lowest BCUT2D eigenvalue weighted by Crippen LogP contribution is -1.98. The van der Waals surface area contributed by atoms with Gasteiger partial charge in [0.25, 0.3) is 0 Å². The van der Waals surface area contributed by atoms with Crippen LogP contribution in [0.25, 0.3) is 0 Å². The molecule has 0 unspecified atom stereocenters. The molecule has 0 amide bonds. The fraction of sp³-hybridized carbons (Fsp3) is 0.250. The smallest absolute Gasteiger partial charge is 0.225 e. The third-order valence-electron chi connectivity index (χ3n) is 0.919. The van der Waals surface area contributed by atoms with E-state index in [4.69, 9.17) is 5.11 Å². The Hall–Kier alpha value is -0.200. The van der Waals surface area contributed by atoms with Crippen LogP contribution in [0.4, 0.5) is 0 Å². The molecule has 0 radical (unpaired) electrons. The number of aliphatic hydroxyl groups is 1. The molecule has 1 aliphatic rings. The maximum Gasteiger partial charge on any atom is 0.225 e. The summed E-state index contributed by atoms with van der Waals surface area (Å²) in [5.41, 5.74) is 0.159. The van der Waals surface area contributed by atoms with Crippen LogP contribution in [0, 0.1) is 0 Å². The Morgan fingerprint density at radius 2 is 2.30 bits per heavy atom. The third-order valence-corrected chi connectivity index (χ3v) is 3.59. The second-order valence-electron chi connectivity index (χ2n) is 1.68. The molecule has 10 heavy (non-hydrogen) atoms. The van der Waals surface area contributed by atoms with Crippen molar-refractivity contribution in [3.8, 4) is 0 Å². The average molecular weight is 226 g/mol. The van der Waals surface area contributed by atoms with E-state index in [1.54, 1.807) is 0 Å². The van der Waals surface area contributed by atoms with E-state index in [2.05, 4.69) is 20.9 Å². The second kappa shape index (κ2) is 2.44. The molecule has 1 N–H and O–H groups in total. The van der Waals surface area contributed by atoms with Gasteiger partial charge in [0.1, 0.15) is 0 Å². The van der Waals surface area contributed by atoms with Gasteiger partial charge >= 0.3 is 0 Å². The van der Waals surface area contributed by atoms with Crippen LogP contribution >= 0.6 is 15.9 Å². The van der Waals surface area contributed by atoms with E-state index in [0.717, 1.165) is 5.41 Å². The summed E-state index contributed by atoms with van der Waals surface area (Å²) in [7, 11) is -3.34. The zero-order chi connectivity index (χ0) is 7.78. The molecule has 0 aromatic heterocycles. The molecule has 0 spiro atoms. The number of hydrogen-bond donors (Lipinski definition) is 1. The first kappa shape index (κ1) is 7.90. The molecule has 4 nitrogen and oxygen atoms in total. The second-order valence-corrected chi connectivity index (χ2v) is 4.67. The summed E-state index contributed by atoms with van der Waals surface area (Å²) >= 11 is 2.74. The van der Waals surface area contributed by atoms with Crippen LogP contribution in [0.1, 0.15) is 0 Å². The Balaban J connectivity index is 3.12. The van der Waals surface area contributed by atoms with Gasteiger partial charge < -0.3 is 5.11 Å². The van der Waals surface area contributed by atoms with Crippen molar-refractivity contribution >= 4 is 29.7 Å². The molecule has 1 aliphatic heterocycles. The number of rotatable bonds is 1. The number of halogens is 1. The number of aliphatic hydroxyl groups excluding tert-OH is 1. The van der Waals surface area contributed by atoms with E-state index in [1.807, 2.05) is 0 Å². The predicted octanol–water partition coefficient (Wildman–Crippen LogP) is -0.000600. The van der Waals surface area contributed by atoms with Gasteiger partial charge in [-0.05, 0) is 15.9 Å². The van der Waals surface area contributed by atoms with E-state index in [0.29, 0.717) is 0 Å². The zero-order valence-electron chi connectivity index (χ0n) is 4.78. The van der Waals surface area contributed by atoms with E-state index in [9.17, 15) is 8.42 Å². The van der Waals surface area contributed by atoms with E-state index in [-0.39, 0.29) is 16.3 Å². The van der Waals surface area contributed by atoms with Crippen molar-refractivity contribution in [2.45, 2.75) is 0 Å². The molecule has 56 valence electrons. The van der Waals surface area contributed by atoms with Crippen LogP contribution in [-0.4, -0.2) is 24.1 Å². The minimum atomic E-state index is -3.34. The third kappa shape index (κ3) is 1.28. The van der Waals surface area contributed by atoms with Crippen LogP contribution in [-0.2, 0) is 9.84 Å². The quantitative estimate of drug-likeness (QED) is 0.684. The van der Waals surface area contributed by atoms with Gasteiger partial charge in [-0.1, -0.05) is 0 Å². The van der Waals surface area contributed by atoms with Crippen molar-refractivity contribution in [3.05, 3.63) is 11.1 Å². The topological polar surface area (TPSA) is 66.7 Å². The van der Waals surface area contributed by atoms with Gasteiger partial charge in [0.15, 0.2) is 0 Å². The number of nitrogens with zero attached hydrogens (tertiary/aromatic N) is 1. The van der Waals surface area contributed by atoms with Gasteiger partial charge in [-0.2, -0.15) is 0 Å². The Kier molecular flexibility index (Phi) is 1.93. The Labute approximate surface area is 66.3 Å². The molecule has 0 aromatic rings. The van der Waals surface area contributed by atoms with Crippen molar-refractivity contribution < 1.29 is 13.5 Å². The summed E-state index contributed by atoms with van der Waals surface area (Å²) in [5, 5.41) is 9.38. The summed E-state index contributed by atoms with van der Waals surface area (Å²) in [6, 6.07) is 0. The highest BCUT2D eigenvalue weighted by Gasteiger charge is 2.21. The minimum Gasteiger partial charge on any atom is -0.390 e. The molecule has 0 fully saturated rings. The Bertz CT molecular complexity index is 302. The van der Waals surface area contributed by atoms with Crippen LogP contribution < -0.4 is 0 Å². The number of aliphatic imine (C=N–C) groups is 1. The maximum absolute atomic E-state index is 10.8. The van der Waals surface area contributed by atoms with Gasteiger partial charge in [-0.25, -0.2) is 13.4 Å². The highest BCUT2D eigenvalue weighted by atomic mass is 79.9. The molecule has 0 saturated carbocycles. The first-order valence-electron chi connectivity index (χ1n) is 2.37. The summed E-state index contributed by atoms with van der Waals surface area (Å²) < 4.78 is 21.4. The molecule has 0 aromatic carbocycles. The van der Waals surface area contributed by atoms with Gasteiger partial charge in [0.05, 0.1) is 17.7 Å². The first-order chi connectivity index (χ1) is 4.56. The first-order valence-corrected chi connectivity index (χ1v) is 4.71. The molecule has 0 atom stereocenters. The molecule has 0 aliphatic carbocycles. The molecular formula is C4H4BrNO3S. The van der Waals surface area contributed by atoms with Crippen LogP contribution in [0.5, 0.6) is 0 Å². The lowest BCUT2D eigenvalue weighted by atomic mass is 10.6. The van der Waals surface area contributed by atoms with Crippen molar-refractivity contribution in [1.82, 2.24) is 0 Å². The normalized spacial score (nSPS) is 22.2.